The molecule has 4 rings (SSSR count). The van der Waals surface area contributed by atoms with Crippen LogP contribution in [0.4, 0.5) is 0 Å². The van der Waals surface area contributed by atoms with Crippen molar-refractivity contribution in [2.45, 2.75) is 11.5 Å². The first kappa shape index (κ1) is 21.0. The Kier molecular flexibility index (Phi) is 5.97. The van der Waals surface area contributed by atoms with E-state index in [1.165, 1.54) is 4.31 Å². The van der Waals surface area contributed by atoms with E-state index >= 15 is 0 Å². The minimum atomic E-state index is -3.61. The Morgan fingerprint density at radius 1 is 1.10 bits per heavy atom. The summed E-state index contributed by atoms with van der Waals surface area (Å²) in [6.07, 6.45) is 0. The van der Waals surface area contributed by atoms with E-state index in [0.717, 1.165) is 5.39 Å². The average molecular weight is 493 g/mol. The third kappa shape index (κ3) is 3.90. The maximum Gasteiger partial charge on any atom is 0.290 e. The first-order chi connectivity index (χ1) is 14.4. The Morgan fingerprint density at radius 2 is 1.83 bits per heavy atom. The van der Waals surface area contributed by atoms with Crippen LogP contribution in [-0.2, 0) is 21.4 Å². The van der Waals surface area contributed by atoms with Gasteiger partial charge in [-0.25, -0.2) is 8.42 Å². The number of halogens is 1. The van der Waals surface area contributed by atoms with Gasteiger partial charge in [-0.05, 0) is 24.3 Å². The summed E-state index contributed by atoms with van der Waals surface area (Å²) in [4.78, 5) is 15.0. The second kappa shape index (κ2) is 8.50. The summed E-state index contributed by atoms with van der Waals surface area (Å²) in [5.41, 5.74) is 1.34. The molecule has 30 heavy (non-hydrogen) atoms. The summed E-state index contributed by atoms with van der Waals surface area (Å²) in [7, 11) is -2.04. The largest absolute Gasteiger partial charge is 0.451 e. The van der Waals surface area contributed by atoms with Crippen molar-refractivity contribution in [3.63, 3.8) is 0 Å². The van der Waals surface area contributed by atoms with Gasteiger partial charge in [0.1, 0.15) is 5.58 Å². The molecule has 1 aromatic heterocycles. The summed E-state index contributed by atoms with van der Waals surface area (Å²) >= 11 is 3.31. The zero-order chi connectivity index (χ0) is 21.3. The average Bonchev–Trinajstić information content (AvgIpc) is 3.12. The summed E-state index contributed by atoms with van der Waals surface area (Å²) in [6, 6.07) is 14.1. The van der Waals surface area contributed by atoms with E-state index in [9.17, 15) is 13.2 Å². The van der Waals surface area contributed by atoms with E-state index in [1.807, 2.05) is 24.3 Å². The van der Waals surface area contributed by atoms with Crippen LogP contribution in [0, 0.1) is 0 Å². The number of ether oxygens (including phenoxy) is 1. The first-order valence-corrected chi connectivity index (χ1v) is 11.7. The number of amides is 1. The Labute approximate surface area is 183 Å². The summed E-state index contributed by atoms with van der Waals surface area (Å²) in [6.45, 7) is 1.28. The van der Waals surface area contributed by atoms with Gasteiger partial charge in [0, 0.05) is 48.7 Å². The first-order valence-electron chi connectivity index (χ1n) is 9.46. The summed E-state index contributed by atoms with van der Waals surface area (Å²) in [5.74, 6) is -0.000833. The molecule has 2 aromatic carbocycles. The normalized spacial score (nSPS) is 15.6. The number of fused-ring (bicyclic) bond motifs is 1. The highest BCUT2D eigenvalue weighted by atomic mass is 79.9. The van der Waals surface area contributed by atoms with Crippen LogP contribution in [-0.4, -0.2) is 56.8 Å². The van der Waals surface area contributed by atoms with Crippen LogP contribution in [0.25, 0.3) is 11.0 Å². The van der Waals surface area contributed by atoms with Crippen LogP contribution in [0.2, 0.25) is 0 Å². The van der Waals surface area contributed by atoms with Crippen molar-refractivity contribution in [3.05, 3.63) is 64.3 Å². The number of hydrogen-bond acceptors (Lipinski definition) is 5. The van der Waals surface area contributed by atoms with Crippen LogP contribution >= 0.6 is 15.9 Å². The number of sulfonamides is 1. The van der Waals surface area contributed by atoms with Gasteiger partial charge in [-0.3, -0.25) is 4.79 Å². The number of rotatable bonds is 5. The zero-order valence-electron chi connectivity index (χ0n) is 16.4. The Morgan fingerprint density at radius 3 is 2.53 bits per heavy atom. The number of nitrogens with zero attached hydrogens (tertiary/aromatic N) is 2. The Hall–Kier alpha value is -2.20. The molecule has 2 heterocycles. The molecule has 1 aliphatic rings. The van der Waals surface area contributed by atoms with E-state index in [2.05, 4.69) is 15.9 Å². The van der Waals surface area contributed by atoms with Gasteiger partial charge in [-0.1, -0.05) is 40.2 Å². The lowest BCUT2D eigenvalue weighted by molar-refractivity contribution is 0.0662. The molecule has 1 saturated heterocycles. The molecule has 1 fully saturated rings. The molecule has 0 atom stereocenters. The number of hydrogen-bond donors (Lipinski definition) is 0. The van der Waals surface area contributed by atoms with E-state index < -0.39 is 10.0 Å². The number of furan rings is 1. The minimum absolute atomic E-state index is 0.223. The molecule has 0 N–H and O–H groups in total. The van der Waals surface area contributed by atoms with Gasteiger partial charge in [0.2, 0.25) is 10.0 Å². The predicted molar refractivity (Wildman–Crippen MR) is 116 cm³/mol. The highest BCUT2D eigenvalue weighted by Crippen LogP contribution is 2.28. The molecule has 1 aliphatic heterocycles. The van der Waals surface area contributed by atoms with Crippen molar-refractivity contribution in [1.82, 2.24) is 9.21 Å². The molecule has 0 bridgehead atoms. The predicted octanol–water partition coefficient (Wildman–Crippen LogP) is 3.49. The lowest BCUT2D eigenvalue weighted by Gasteiger charge is -2.33. The highest BCUT2D eigenvalue weighted by molar-refractivity contribution is 9.10. The number of piperazine rings is 1. The van der Waals surface area contributed by atoms with Crippen molar-refractivity contribution < 1.29 is 22.4 Å². The second-order valence-corrected chi connectivity index (χ2v) is 9.85. The molecular weight excluding hydrogens is 472 g/mol. The lowest BCUT2D eigenvalue weighted by atomic mass is 10.1. The van der Waals surface area contributed by atoms with Gasteiger partial charge in [-0.15, -0.1) is 0 Å². The summed E-state index contributed by atoms with van der Waals surface area (Å²) in [5, 5.41) is 0.846. The van der Waals surface area contributed by atoms with Crippen molar-refractivity contribution >= 4 is 42.8 Å². The number of benzene rings is 2. The lowest BCUT2D eigenvalue weighted by Crippen LogP contribution is -2.50. The van der Waals surface area contributed by atoms with E-state index in [4.69, 9.17) is 9.15 Å². The molecule has 9 heteroatoms. The fourth-order valence-corrected chi connectivity index (χ4v) is 5.63. The Balaban J connectivity index is 1.53. The molecular formula is C21H21BrN2O5S. The van der Waals surface area contributed by atoms with Gasteiger partial charge in [0.25, 0.3) is 5.91 Å². The van der Waals surface area contributed by atoms with Crippen LogP contribution in [0.1, 0.15) is 16.1 Å². The number of carbonyl (C=O) groups excluding carboxylic acids is 1. The third-order valence-corrected chi connectivity index (χ3v) is 7.53. The topological polar surface area (TPSA) is 80.1 Å². The van der Waals surface area contributed by atoms with Crippen LogP contribution in [0.15, 0.2) is 62.3 Å². The molecule has 1 amide bonds. The van der Waals surface area contributed by atoms with Crippen LogP contribution < -0.4 is 0 Å². The summed E-state index contributed by atoms with van der Waals surface area (Å²) < 4.78 is 39.0. The van der Waals surface area contributed by atoms with Gasteiger partial charge < -0.3 is 14.1 Å². The van der Waals surface area contributed by atoms with Gasteiger partial charge >= 0.3 is 0 Å². The second-order valence-electron chi connectivity index (χ2n) is 6.99. The van der Waals surface area contributed by atoms with Gasteiger partial charge in [0.05, 0.1) is 11.5 Å². The Bertz CT molecular complexity index is 1180. The number of carbonyl (C=O) groups is 1. The van der Waals surface area contributed by atoms with Gasteiger partial charge in [0.15, 0.2) is 5.76 Å². The maximum atomic E-state index is 13.1. The molecule has 158 valence electrons. The third-order valence-electron chi connectivity index (χ3n) is 5.14. The smallest absolute Gasteiger partial charge is 0.290 e. The molecule has 0 unspecified atom stereocenters. The maximum absolute atomic E-state index is 13.1. The van der Waals surface area contributed by atoms with Gasteiger partial charge in [-0.2, -0.15) is 4.31 Å². The van der Waals surface area contributed by atoms with Crippen molar-refractivity contribution in [2.75, 3.05) is 33.3 Å². The monoisotopic (exact) mass is 492 g/mol. The number of methoxy groups -OCH3 is 1. The number of para-hydroxylation sites is 1. The van der Waals surface area contributed by atoms with E-state index in [-0.39, 0.29) is 49.3 Å². The fraction of sp³-hybridized carbons (Fsp3) is 0.286. The fourth-order valence-electron chi connectivity index (χ4n) is 3.61. The SMILES string of the molecule is COCc1c(C(=O)N2CCN(S(=O)(=O)c3cccc(Br)c3)CC2)oc2ccccc12. The molecule has 0 radical (unpaired) electrons. The van der Waals surface area contributed by atoms with Crippen molar-refractivity contribution in [3.8, 4) is 0 Å². The van der Waals surface area contributed by atoms with Crippen LogP contribution in [0.3, 0.4) is 0 Å². The molecule has 3 aromatic rings. The molecule has 0 spiro atoms. The van der Waals surface area contributed by atoms with E-state index in [0.29, 0.717) is 15.6 Å². The minimum Gasteiger partial charge on any atom is -0.451 e. The quantitative estimate of drug-likeness (QED) is 0.544. The van der Waals surface area contributed by atoms with E-state index in [1.54, 1.807) is 36.3 Å². The van der Waals surface area contributed by atoms with Crippen LogP contribution in [0.5, 0.6) is 0 Å². The zero-order valence-corrected chi connectivity index (χ0v) is 18.8. The van der Waals surface area contributed by atoms with Crippen molar-refractivity contribution in [2.24, 2.45) is 0 Å². The molecule has 0 saturated carbocycles. The highest BCUT2D eigenvalue weighted by Gasteiger charge is 2.32. The standard InChI is InChI=1S/C21H21BrN2O5S/c1-28-14-18-17-7-2-3-8-19(17)29-20(18)21(25)23-9-11-24(12-10-23)30(26,27)16-6-4-5-15(22)13-16/h2-8,13H,9-12,14H2,1H3. The van der Waals surface area contributed by atoms with Crippen molar-refractivity contribution in [1.29, 1.82) is 0 Å². The molecule has 7 nitrogen and oxygen atoms in total. The molecule has 0 aliphatic carbocycles.